The van der Waals surface area contributed by atoms with Gasteiger partial charge in [0.05, 0.1) is 0 Å². The Bertz CT molecular complexity index is 473. The Labute approximate surface area is 78.5 Å². The normalized spacial score (nSPS) is 10.5. The van der Waals surface area contributed by atoms with Crippen molar-refractivity contribution in [2.75, 3.05) is 0 Å². The molecule has 2 aromatic rings. The second-order valence-electron chi connectivity index (χ2n) is 2.60. The zero-order chi connectivity index (χ0) is 9.42. The standard InChI is InChI=1S/C9H5ClO3/c10-5-1-2-6-7(9(11)12)4-13-8(6)3-5/h1-4H,(H,11,12). The van der Waals surface area contributed by atoms with E-state index < -0.39 is 5.97 Å². The molecule has 1 N–H and O–H groups in total. The highest BCUT2D eigenvalue weighted by Crippen LogP contribution is 2.24. The monoisotopic (exact) mass is 196 g/mol. The van der Waals surface area contributed by atoms with E-state index in [1.807, 2.05) is 0 Å². The van der Waals surface area contributed by atoms with Crippen LogP contribution >= 0.6 is 11.6 Å². The lowest BCUT2D eigenvalue weighted by atomic mass is 10.2. The van der Waals surface area contributed by atoms with Gasteiger partial charge in [-0.25, -0.2) is 4.79 Å². The Morgan fingerprint density at radius 2 is 2.23 bits per heavy atom. The molecule has 0 spiro atoms. The van der Waals surface area contributed by atoms with E-state index in [1.165, 1.54) is 6.26 Å². The molecule has 13 heavy (non-hydrogen) atoms. The Balaban J connectivity index is 2.76. The molecule has 0 fully saturated rings. The maximum Gasteiger partial charge on any atom is 0.339 e. The van der Waals surface area contributed by atoms with Gasteiger partial charge in [0.1, 0.15) is 17.4 Å². The number of furan rings is 1. The van der Waals surface area contributed by atoms with Crippen LogP contribution in [0.4, 0.5) is 0 Å². The first-order valence-electron chi connectivity index (χ1n) is 3.58. The van der Waals surface area contributed by atoms with Gasteiger partial charge >= 0.3 is 5.97 Å². The predicted octanol–water partition coefficient (Wildman–Crippen LogP) is 2.78. The zero-order valence-corrected chi connectivity index (χ0v) is 7.21. The molecule has 1 aromatic heterocycles. The van der Waals surface area contributed by atoms with Crippen molar-refractivity contribution in [3.8, 4) is 0 Å². The topological polar surface area (TPSA) is 50.4 Å². The fourth-order valence-corrected chi connectivity index (χ4v) is 1.33. The maximum atomic E-state index is 10.7. The number of halogens is 1. The summed E-state index contributed by atoms with van der Waals surface area (Å²) in [4.78, 5) is 10.7. The van der Waals surface area contributed by atoms with Gasteiger partial charge in [-0.3, -0.25) is 0 Å². The zero-order valence-electron chi connectivity index (χ0n) is 6.45. The van der Waals surface area contributed by atoms with E-state index in [1.54, 1.807) is 18.2 Å². The number of carbonyl (C=O) groups is 1. The van der Waals surface area contributed by atoms with Gasteiger partial charge in [-0.1, -0.05) is 11.6 Å². The summed E-state index contributed by atoms with van der Waals surface area (Å²) in [5.74, 6) is -0.999. The SMILES string of the molecule is O=C(O)c1coc2cc(Cl)ccc12. The van der Waals surface area contributed by atoms with Gasteiger partial charge < -0.3 is 9.52 Å². The third kappa shape index (κ3) is 1.27. The molecule has 0 aliphatic carbocycles. The van der Waals surface area contributed by atoms with Crippen LogP contribution in [-0.2, 0) is 0 Å². The number of fused-ring (bicyclic) bond motifs is 1. The lowest BCUT2D eigenvalue weighted by molar-refractivity contribution is 0.0698. The van der Waals surface area contributed by atoms with Crippen LogP contribution in [0, 0.1) is 0 Å². The maximum absolute atomic E-state index is 10.7. The van der Waals surface area contributed by atoms with E-state index in [-0.39, 0.29) is 5.56 Å². The van der Waals surface area contributed by atoms with Crippen molar-refractivity contribution >= 4 is 28.5 Å². The van der Waals surface area contributed by atoms with Crippen LogP contribution in [-0.4, -0.2) is 11.1 Å². The van der Waals surface area contributed by atoms with E-state index in [0.717, 1.165) is 0 Å². The van der Waals surface area contributed by atoms with Gasteiger partial charge in [0, 0.05) is 16.5 Å². The fourth-order valence-electron chi connectivity index (χ4n) is 1.17. The van der Waals surface area contributed by atoms with Crippen LogP contribution in [0.2, 0.25) is 5.02 Å². The molecule has 0 radical (unpaired) electrons. The quantitative estimate of drug-likeness (QED) is 0.763. The summed E-state index contributed by atoms with van der Waals surface area (Å²) in [6.45, 7) is 0. The van der Waals surface area contributed by atoms with Gasteiger partial charge in [0.2, 0.25) is 0 Å². The highest BCUT2D eigenvalue weighted by atomic mass is 35.5. The number of hydrogen-bond donors (Lipinski definition) is 1. The summed E-state index contributed by atoms with van der Waals surface area (Å²) in [6.07, 6.45) is 1.21. The average Bonchev–Trinajstić information content (AvgIpc) is 2.46. The first-order chi connectivity index (χ1) is 6.18. The van der Waals surface area contributed by atoms with Crippen molar-refractivity contribution in [1.82, 2.24) is 0 Å². The lowest BCUT2D eigenvalue weighted by Gasteiger charge is -1.90. The molecule has 3 nitrogen and oxygen atoms in total. The molecule has 0 aliphatic heterocycles. The molecule has 1 heterocycles. The van der Waals surface area contributed by atoms with Crippen LogP contribution in [0.1, 0.15) is 10.4 Å². The number of carboxylic acid groups (broad SMARTS) is 1. The predicted molar refractivity (Wildman–Crippen MR) is 48.2 cm³/mol. The van der Waals surface area contributed by atoms with Crippen LogP contribution < -0.4 is 0 Å². The van der Waals surface area contributed by atoms with Crippen LogP contribution in [0.15, 0.2) is 28.9 Å². The summed E-state index contributed by atoms with van der Waals surface area (Å²) in [7, 11) is 0. The van der Waals surface area contributed by atoms with Gasteiger partial charge in [0.15, 0.2) is 0 Å². The Hall–Kier alpha value is -1.48. The highest BCUT2D eigenvalue weighted by molar-refractivity contribution is 6.31. The highest BCUT2D eigenvalue weighted by Gasteiger charge is 2.11. The van der Waals surface area contributed by atoms with Crippen molar-refractivity contribution in [3.63, 3.8) is 0 Å². The van der Waals surface area contributed by atoms with Crippen LogP contribution in [0.3, 0.4) is 0 Å². The number of benzene rings is 1. The molecular weight excluding hydrogens is 192 g/mol. The molecule has 66 valence electrons. The van der Waals surface area contributed by atoms with E-state index in [9.17, 15) is 4.79 Å². The molecule has 0 unspecified atom stereocenters. The summed E-state index contributed by atoms with van der Waals surface area (Å²) in [6, 6.07) is 4.85. The van der Waals surface area contributed by atoms with Crippen molar-refractivity contribution < 1.29 is 14.3 Å². The molecule has 0 amide bonds. The number of aromatic carboxylic acids is 1. The van der Waals surface area contributed by atoms with Crippen molar-refractivity contribution in [2.45, 2.75) is 0 Å². The minimum absolute atomic E-state index is 0.159. The molecule has 0 atom stereocenters. The average molecular weight is 197 g/mol. The van der Waals surface area contributed by atoms with Crippen LogP contribution in [0.5, 0.6) is 0 Å². The number of rotatable bonds is 1. The first-order valence-corrected chi connectivity index (χ1v) is 3.96. The smallest absolute Gasteiger partial charge is 0.339 e. The minimum atomic E-state index is -0.999. The summed E-state index contributed by atoms with van der Waals surface area (Å²) in [5, 5.41) is 9.84. The Morgan fingerprint density at radius 3 is 2.92 bits per heavy atom. The van der Waals surface area contributed by atoms with Gasteiger partial charge in [-0.15, -0.1) is 0 Å². The van der Waals surface area contributed by atoms with E-state index in [4.69, 9.17) is 21.1 Å². The summed E-state index contributed by atoms with van der Waals surface area (Å²) >= 11 is 5.70. The fraction of sp³-hybridized carbons (Fsp3) is 0. The summed E-state index contributed by atoms with van der Waals surface area (Å²) in [5.41, 5.74) is 0.650. The molecule has 0 aliphatic rings. The summed E-state index contributed by atoms with van der Waals surface area (Å²) < 4.78 is 5.03. The van der Waals surface area contributed by atoms with Crippen molar-refractivity contribution in [1.29, 1.82) is 0 Å². The molecule has 1 aromatic carbocycles. The molecule has 0 saturated carbocycles. The lowest BCUT2D eigenvalue weighted by Crippen LogP contribution is -1.92. The third-order valence-corrected chi connectivity index (χ3v) is 2.00. The van der Waals surface area contributed by atoms with Crippen molar-refractivity contribution in [2.24, 2.45) is 0 Å². The van der Waals surface area contributed by atoms with E-state index in [2.05, 4.69) is 0 Å². The van der Waals surface area contributed by atoms with Gasteiger partial charge in [0.25, 0.3) is 0 Å². The second kappa shape index (κ2) is 2.78. The minimum Gasteiger partial charge on any atom is -0.478 e. The van der Waals surface area contributed by atoms with E-state index in [0.29, 0.717) is 16.0 Å². The Morgan fingerprint density at radius 1 is 1.46 bits per heavy atom. The molecule has 0 saturated heterocycles. The molecule has 2 rings (SSSR count). The second-order valence-corrected chi connectivity index (χ2v) is 3.03. The van der Waals surface area contributed by atoms with Gasteiger partial charge in [-0.05, 0) is 12.1 Å². The third-order valence-electron chi connectivity index (χ3n) is 1.77. The van der Waals surface area contributed by atoms with Crippen LogP contribution in [0.25, 0.3) is 11.0 Å². The Kier molecular flexibility index (Phi) is 1.74. The van der Waals surface area contributed by atoms with Crippen molar-refractivity contribution in [3.05, 3.63) is 35.0 Å². The van der Waals surface area contributed by atoms with Gasteiger partial charge in [-0.2, -0.15) is 0 Å². The number of carboxylic acids is 1. The molecule has 0 bridgehead atoms. The molecule has 4 heteroatoms. The molecular formula is C9H5ClO3. The largest absolute Gasteiger partial charge is 0.478 e. The van der Waals surface area contributed by atoms with E-state index >= 15 is 0 Å². The number of hydrogen-bond acceptors (Lipinski definition) is 2. The first kappa shape index (κ1) is 8.13.